The van der Waals surface area contributed by atoms with Gasteiger partial charge in [-0.2, -0.15) is 17.9 Å². The normalized spacial score (nSPS) is 12.1. The highest BCUT2D eigenvalue weighted by molar-refractivity contribution is 5.95. The molecule has 47 heavy (non-hydrogen) atoms. The van der Waals surface area contributed by atoms with Gasteiger partial charge in [-0.25, -0.2) is 9.59 Å². The average Bonchev–Trinajstić information content (AvgIpc) is 3.42. The van der Waals surface area contributed by atoms with Crippen molar-refractivity contribution < 1.29 is 42.1 Å². The molecule has 0 fully saturated rings. The smallest absolute Gasteiger partial charge is 0.490 e. The van der Waals surface area contributed by atoms with Gasteiger partial charge in [0.2, 0.25) is 0 Å². The predicted octanol–water partition coefficient (Wildman–Crippen LogP) is 3.40. The van der Waals surface area contributed by atoms with Gasteiger partial charge in [-0.3, -0.25) is 15.2 Å². The van der Waals surface area contributed by atoms with Crippen LogP contribution >= 0.6 is 0 Å². The molecule has 2 aromatic carbocycles. The Balaban J connectivity index is 0.000000984. The van der Waals surface area contributed by atoms with E-state index in [-0.39, 0.29) is 18.3 Å². The number of alkyl halides is 3. The van der Waals surface area contributed by atoms with Crippen LogP contribution in [0.15, 0.2) is 77.8 Å². The van der Waals surface area contributed by atoms with Crippen molar-refractivity contribution in [2.75, 3.05) is 33.2 Å². The minimum atomic E-state index is -5.08. The standard InChI is InChI=1S/C28H33N7O5.C2HF3O2/c1-6-8-21(38-4)20(7-2)35-28(37)33-27(34-35)25(32-19-12-9-17(10-13-19)26(29)30)18-11-14-22(23(15-18)39-5)40-16-24(36)31-3;3-2(4,5)1(6)7/h6-15,25,32H,1,16H2,2-5H3,(H3,29,30)(H,31,36)(H,33,34,37);(H,6,7)/b20-7+,21-8+;. The number of likely N-dealkylation sites (N-methyl/N-ethyl adjacent to an activating group) is 1. The van der Waals surface area contributed by atoms with Crippen LogP contribution in [0.25, 0.3) is 5.70 Å². The van der Waals surface area contributed by atoms with Crippen molar-refractivity contribution in [3.63, 3.8) is 0 Å². The Labute approximate surface area is 266 Å². The van der Waals surface area contributed by atoms with Crippen LogP contribution in [0.4, 0.5) is 18.9 Å². The maximum Gasteiger partial charge on any atom is 0.490 e. The lowest BCUT2D eigenvalue weighted by atomic mass is 10.0. The number of amides is 1. The lowest BCUT2D eigenvalue weighted by molar-refractivity contribution is -0.192. The highest BCUT2D eigenvalue weighted by Gasteiger charge is 2.38. The maximum atomic E-state index is 13.1. The summed E-state index contributed by atoms with van der Waals surface area (Å²) in [6.45, 7) is 5.28. The number of rotatable bonds is 13. The predicted molar refractivity (Wildman–Crippen MR) is 167 cm³/mol. The van der Waals surface area contributed by atoms with Gasteiger partial charge in [-0.05, 0) is 55.0 Å². The van der Waals surface area contributed by atoms with E-state index >= 15 is 0 Å². The van der Waals surface area contributed by atoms with Crippen LogP contribution in [-0.4, -0.2) is 71.6 Å². The van der Waals surface area contributed by atoms with Crippen molar-refractivity contribution in [3.8, 4) is 11.5 Å². The summed E-state index contributed by atoms with van der Waals surface area (Å²) in [4.78, 5) is 36.5. The number of H-pyrrole nitrogens is 1. The van der Waals surface area contributed by atoms with E-state index in [1.54, 1.807) is 67.6 Å². The number of nitrogens with one attached hydrogen (secondary N) is 4. The molecule has 0 aliphatic heterocycles. The van der Waals surface area contributed by atoms with E-state index in [0.717, 1.165) is 0 Å². The zero-order chi connectivity index (χ0) is 35.3. The summed E-state index contributed by atoms with van der Waals surface area (Å²) >= 11 is 0. The summed E-state index contributed by atoms with van der Waals surface area (Å²) in [5.41, 5.74) is 7.47. The van der Waals surface area contributed by atoms with E-state index in [9.17, 15) is 22.8 Å². The molecule has 1 unspecified atom stereocenters. The topological polar surface area (TPSA) is 207 Å². The third kappa shape index (κ3) is 10.3. The fraction of sp³-hybridized carbons (Fsp3) is 0.233. The number of ether oxygens (including phenoxy) is 3. The Kier molecular flexibility index (Phi) is 13.4. The summed E-state index contributed by atoms with van der Waals surface area (Å²) in [5, 5.41) is 25.2. The number of halogens is 3. The van der Waals surface area contributed by atoms with Gasteiger partial charge < -0.3 is 35.7 Å². The zero-order valence-corrected chi connectivity index (χ0v) is 25.8. The summed E-state index contributed by atoms with van der Waals surface area (Å²) in [5.74, 6) is -1.64. The number of aliphatic carboxylic acids is 1. The third-order valence-corrected chi connectivity index (χ3v) is 6.06. The summed E-state index contributed by atoms with van der Waals surface area (Å²) < 4.78 is 49.5. The number of carbonyl (C=O) groups is 2. The highest BCUT2D eigenvalue weighted by atomic mass is 19.4. The van der Waals surface area contributed by atoms with Gasteiger partial charge in [-0.15, -0.1) is 5.10 Å². The second kappa shape index (κ2) is 16.9. The number of anilines is 1. The van der Waals surface area contributed by atoms with Crippen LogP contribution in [0.1, 0.15) is 29.9 Å². The number of nitrogens with two attached hydrogens (primary N) is 1. The first-order chi connectivity index (χ1) is 22.2. The number of aromatic amines is 1. The molecular formula is C30H34F3N7O7. The number of hydrogen-bond acceptors (Lipinski definition) is 9. The fourth-order valence-electron chi connectivity index (χ4n) is 3.79. The van der Waals surface area contributed by atoms with Crippen molar-refractivity contribution in [2.24, 2.45) is 5.73 Å². The number of nitrogens with zero attached hydrogens (tertiary/aromatic N) is 2. The molecule has 1 aromatic heterocycles. The molecule has 1 heterocycles. The van der Waals surface area contributed by atoms with Crippen LogP contribution in [0, 0.1) is 5.41 Å². The number of allylic oxidation sites excluding steroid dienone is 4. The molecule has 1 atom stereocenters. The summed E-state index contributed by atoms with van der Waals surface area (Å²) in [6.07, 6.45) is -0.198. The quantitative estimate of drug-likeness (QED) is 0.0681. The Morgan fingerprint density at radius 1 is 1.19 bits per heavy atom. The minimum absolute atomic E-state index is 0.0522. The maximum absolute atomic E-state index is 13.1. The first-order valence-corrected chi connectivity index (χ1v) is 13.5. The molecule has 0 saturated carbocycles. The van der Waals surface area contributed by atoms with Crippen LogP contribution in [-0.2, 0) is 14.3 Å². The lowest BCUT2D eigenvalue weighted by Gasteiger charge is -2.20. The largest absolute Gasteiger partial charge is 0.495 e. The number of aromatic nitrogens is 3. The Morgan fingerprint density at radius 2 is 1.83 bits per heavy atom. The molecule has 1 amide bonds. The number of carboxylic acid groups (broad SMARTS) is 1. The molecule has 14 nitrogen and oxygen atoms in total. The molecular weight excluding hydrogens is 627 g/mol. The van der Waals surface area contributed by atoms with E-state index in [0.29, 0.717) is 45.6 Å². The SMILES string of the molecule is C=C/C=C(OC)\C(=C/C)n1nc(C(Nc2ccc(C(=N)N)cc2)c2ccc(OCC(=O)NC)c(OC)c2)[nH]c1=O.O=C(O)C(F)(F)F. The molecule has 3 aromatic rings. The van der Waals surface area contributed by atoms with E-state index in [4.69, 9.17) is 35.3 Å². The van der Waals surface area contributed by atoms with E-state index in [1.807, 2.05) is 0 Å². The fourth-order valence-corrected chi connectivity index (χ4v) is 3.79. The number of methoxy groups -OCH3 is 2. The van der Waals surface area contributed by atoms with Crippen molar-refractivity contribution in [1.82, 2.24) is 20.1 Å². The molecule has 0 aliphatic carbocycles. The molecule has 0 radical (unpaired) electrons. The van der Waals surface area contributed by atoms with Crippen molar-refractivity contribution in [1.29, 1.82) is 5.41 Å². The van der Waals surface area contributed by atoms with Crippen molar-refractivity contribution >= 4 is 29.1 Å². The highest BCUT2D eigenvalue weighted by Crippen LogP contribution is 2.33. The minimum Gasteiger partial charge on any atom is -0.495 e. The van der Waals surface area contributed by atoms with E-state index in [1.165, 1.54) is 25.9 Å². The molecule has 0 saturated heterocycles. The Morgan fingerprint density at radius 3 is 2.32 bits per heavy atom. The molecule has 0 aliphatic rings. The third-order valence-electron chi connectivity index (χ3n) is 6.06. The number of nitrogen functional groups attached to an aromatic ring is 1. The van der Waals surface area contributed by atoms with Gasteiger partial charge in [0.05, 0.1) is 14.2 Å². The van der Waals surface area contributed by atoms with Crippen molar-refractivity contribution in [2.45, 2.75) is 19.1 Å². The summed E-state index contributed by atoms with van der Waals surface area (Å²) in [6, 6.07) is 11.5. The lowest BCUT2D eigenvalue weighted by Crippen LogP contribution is -2.25. The number of benzene rings is 2. The number of carbonyl (C=O) groups excluding carboxylic acids is 1. The molecule has 252 valence electrons. The van der Waals surface area contributed by atoms with Gasteiger partial charge in [0.25, 0.3) is 5.91 Å². The average molecular weight is 662 g/mol. The van der Waals surface area contributed by atoms with Gasteiger partial charge >= 0.3 is 17.8 Å². The van der Waals surface area contributed by atoms with Crippen molar-refractivity contribution in [3.05, 3.63) is 100 Å². The van der Waals surface area contributed by atoms with Gasteiger partial charge in [0.15, 0.2) is 23.9 Å². The molecule has 17 heteroatoms. The van der Waals surface area contributed by atoms with E-state index < -0.39 is 23.9 Å². The monoisotopic (exact) mass is 661 g/mol. The zero-order valence-electron chi connectivity index (χ0n) is 25.8. The molecule has 7 N–H and O–H groups in total. The summed E-state index contributed by atoms with van der Waals surface area (Å²) in [7, 11) is 4.50. The molecule has 3 rings (SSSR count). The van der Waals surface area contributed by atoms with Crippen LogP contribution < -0.4 is 31.5 Å². The van der Waals surface area contributed by atoms with Crippen LogP contribution in [0.3, 0.4) is 0 Å². The number of carboxylic acids is 1. The Bertz CT molecular complexity index is 1690. The molecule has 0 spiro atoms. The number of amidine groups is 1. The molecule has 0 bridgehead atoms. The van der Waals surface area contributed by atoms with E-state index in [2.05, 4.69) is 27.3 Å². The number of hydrogen-bond donors (Lipinski definition) is 6. The first-order valence-electron chi connectivity index (χ1n) is 13.5. The Hall–Kier alpha value is -6.00. The second-order valence-corrected chi connectivity index (χ2v) is 9.12. The van der Waals surface area contributed by atoms with Gasteiger partial charge in [0, 0.05) is 18.3 Å². The first kappa shape index (κ1) is 37.2. The van der Waals surface area contributed by atoms with Gasteiger partial charge in [-0.1, -0.05) is 24.8 Å². The second-order valence-electron chi connectivity index (χ2n) is 9.12. The van der Waals surface area contributed by atoms with Gasteiger partial charge in [0.1, 0.15) is 23.3 Å². The van der Waals surface area contributed by atoms with Crippen LogP contribution in [0.2, 0.25) is 0 Å². The van der Waals surface area contributed by atoms with Crippen LogP contribution in [0.5, 0.6) is 11.5 Å².